The average Bonchev–Trinajstić information content (AvgIpc) is 2.75. The van der Waals surface area contributed by atoms with Gasteiger partial charge in [0.15, 0.2) is 5.78 Å². The van der Waals surface area contributed by atoms with Crippen LogP contribution in [-0.4, -0.2) is 54.4 Å². The summed E-state index contributed by atoms with van der Waals surface area (Å²) in [4.78, 5) is 20.2. The van der Waals surface area contributed by atoms with E-state index in [4.69, 9.17) is 22.2 Å². The SMILES string of the molecule is NCCCCN(CCCN)CC(N)C(=O)c1cccc2cc3ccccc3nc12. The number of fused-ring (bicyclic) bond motifs is 2. The lowest BCUT2D eigenvalue weighted by molar-refractivity contribution is 0.0936. The summed E-state index contributed by atoms with van der Waals surface area (Å²) in [6.07, 6.45) is 2.83. The molecule has 1 atom stereocenters. The van der Waals surface area contributed by atoms with E-state index in [1.807, 2.05) is 42.5 Å². The molecule has 1 heterocycles. The van der Waals surface area contributed by atoms with Crippen LogP contribution in [0.2, 0.25) is 0 Å². The standard InChI is InChI=1S/C23H31N5O/c24-11-3-4-13-28(14-6-12-25)16-20(26)23(29)19-9-5-8-18-15-17-7-1-2-10-21(17)27-22(18)19/h1-2,5,7-10,15,20H,3-4,6,11-14,16,24-26H2. The van der Waals surface area contributed by atoms with Gasteiger partial charge in [-0.25, -0.2) is 4.98 Å². The number of ketones is 1. The molecule has 6 heteroatoms. The molecule has 1 aromatic heterocycles. The molecule has 0 bridgehead atoms. The van der Waals surface area contributed by atoms with E-state index in [-0.39, 0.29) is 5.78 Å². The number of carbonyl (C=O) groups excluding carboxylic acids is 1. The van der Waals surface area contributed by atoms with Gasteiger partial charge in [-0.3, -0.25) is 4.79 Å². The molecule has 0 saturated carbocycles. The summed E-state index contributed by atoms with van der Waals surface area (Å²) < 4.78 is 0. The molecule has 0 fully saturated rings. The Bertz CT molecular complexity index is 958. The minimum Gasteiger partial charge on any atom is -0.330 e. The van der Waals surface area contributed by atoms with Crippen molar-refractivity contribution in [2.45, 2.75) is 25.3 Å². The second kappa shape index (κ2) is 10.4. The van der Waals surface area contributed by atoms with Gasteiger partial charge in [-0.2, -0.15) is 0 Å². The zero-order valence-corrected chi connectivity index (χ0v) is 16.9. The van der Waals surface area contributed by atoms with Crippen LogP contribution >= 0.6 is 0 Å². The second-order valence-corrected chi connectivity index (χ2v) is 7.47. The molecule has 0 amide bonds. The summed E-state index contributed by atoms with van der Waals surface area (Å²) >= 11 is 0. The first-order chi connectivity index (χ1) is 14.1. The van der Waals surface area contributed by atoms with Gasteiger partial charge in [0, 0.05) is 22.9 Å². The number of Topliss-reactive ketones (excluding diaryl/α,β-unsaturated/α-hetero) is 1. The van der Waals surface area contributed by atoms with E-state index in [1.165, 1.54) is 0 Å². The van der Waals surface area contributed by atoms with Crippen molar-refractivity contribution in [3.63, 3.8) is 0 Å². The summed E-state index contributed by atoms with van der Waals surface area (Å²) in [5.41, 5.74) is 19.8. The average molecular weight is 394 g/mol. The maximum absolute atomic E-state index is 13.2. The van der Waals surface area contributed by atoms with Crippen LogP contribution in [0.15, 0.2) is 48.5 Å². The van der Waals surface area contributed by atoms with E-state index in [0.717, 1.165) is 48.6 Å². The predicted molar refractivity (Wildman–Crippen MR) is 120 cm³/mol. The zero-order chi connectivity index (χ0) is 20.6. The number of carbonyl (C=O) groups is 1. The number of nitrogens with zero attached hydrogens (tertiary/aromatic N) is 2. The Hall–Kier alpha value is -2.38. The quantitative estimate of drug-likeness (QED) is 0.262. The fourth-order valence-corrected chi connectivity index (χ4v) is 3.65. The zero-order valence-electron chi connectivity index (χ0n) is 16.9. The molecule has 3 rings (SSSR count). The first-order valence-electron chi connectivity index (χ1n) is 10.3. The predicted octanol–water partition coefficient (Wildman–Crippen LogP) is 2.29. The minimum atomic E-state index is -0.607. The fourth-order valence-electron chi connectivity index (χ4n) is 3.65. The second-order valence-electron chi connectivity index (χ2n) is 7.47. The Morgan fingerprint density at radius 3 is 2.45 bits per heavy atom. The van der Waals surface area contributed by atoms with Crippen LogP contribution in [0.3, 0.4) is 0 Å². The highest BCUT2D eigenvalue weighted by atomic mass is 16.1. The molecule has 0 aliphatic rings. The molecule has 6 nitrogen and oxygen atoms in total. The monoisotopic (exact) mass is 393 g/mol. The number of aromatic nitrogens is 1. The van der Waals surface area contributed by atoms with Gasteiger partial charge in [0.05, 0.1) is 17.1 Å². The van der Waals surface area contributed by atoms with Crippen molar-refractivity contribution in [3.05, 3.63) is 54.1 Å². The highest BCUT2D eigenvalue weighted by Crippen LogP contribution is 2.23. The molecule has 0 saturated heterocycles. The van der Waals surface area contributed by atoms with Crippen LogP contribution < -0.4 is 17.2 Å². The fraction of sp³-hybridized carbons (Fsp3) is 0.391. The van der Waals surface area contributed by atoms with Gasteiger partial charge in [-0.1, -0.05) is 30.3 Å². The summed E-state index contributed by atoms with van der Waals surface area (Å²) in [5, 5.41) is 2.01. The van der Waals surface area contributed by atoms with Gasteiger partial charge < -0.3 is 22.1 Å². The number of nitrogens with two attached hydrogens (primary N) is 3. The van der Waals surface area contributed by atoms with Crippen molar-refractivity contribution < 1.29 is 4.79 Å². The normalized spacial score (nSPS) is 12.7. The molecule has 0 aliphatic heterocycles. The molecular weight excluding hydrogens is 362 g/mol. The van der Waals surface area contributed by atoms with Crippen molar-refractivity contribution in [1.82, 2.24) is 9.88 Å². The Balaban J connectivity index is 1.82. The smallest absolute Gasteiger partial charge is 0.183 e. The molecule has 0 radical (unpaired) electrons. The molecule has 6 N–H and O–H groups in total. The number of rotatable bonds is 11. The lowest BCUT2D eigenvalue weighted by Gasteiger charge is -2.25. The van der Waals surface area contributed by atoms with E-state index in [1.54, 1.807) is 0 Å². The molecule has 0 aliphatic carbocycles. The minimum absolute atomic E-state index is 0.0741. The van der Waals surface area contributed by atoms with Crippen molar-refractivity contribution in [2.75, 3.05) is 32.7 Å². The Morgan fingerprint density at radius 2 is 1.66 bits per heavy atom. The summed E-state index contributed by atoms with van der Waals surface area (Å²) in [7, 11) is 0. The lowest BCUT2D eigenvalue weighted by atomic mass is 9.99. The number of unbranched alkanes of at least 4 members (excludes halogenated alkanes) is 1. The number of para-hydroxylation sites is 2. The Morgan fingerprint density at radius 1 is 0.931 bits per heavy atom. The maximum Gasteiger partial charge on any atom is 0.183 e. The Kier molecular flexibility index (Phi) is 7.66. The van der Waals surface area contributed by atoms with Gasteiger partial charge in [-0.15, -0.1) is 0 Å². The van der Waals surface area contributed by atoms with Crippen LogP contribution in [0.25, 0.3) is 21.8 Å². The Labute approximate surface area is 172 Å². The van der Waals surface area contributed by atoms with Crippen molar-refractivity contribution in [2.24, 2.45) is 17.2 Å². The first kappa shape index (κ1) is 21.3. The van der Waals surface area contributed by atoms with E-state index in [2.05, 4.69) is 11.0 Å². The van der Waals surface area contributed by atoms with Crippen LogP contribution in [0, 0.1) is 0 Å². The topological polar surface area (TPSA) is 111 Å². The van der Waals surface area contributed by atoms with Crippen LogP contribution in [0.4, 0.5) is 0 Å². The van der Waals surface area contributed by atoms with E-state index in [0.29, 0.717) is 30.7 Å². The van der Waals surface area contributed by atoms with Gasteiger partial charge in [0.1, 0.15) is 0 Å². The van der Waals surface area contributed by atoms with Gasteiger partial charge >= 0.3 is 0 Å². The van der Waals surface area contributed by atoms with Crippen LogP contribution in [0.5, 0.6) is 0 Å². The van der Waals surface area contributed by atoms with Gasteiger partial charge in [0.25, 0.3) is 0 Å². The molecule has 29 heavy (non-hydrogen) atoms. The molecule has 154 valence electrons. The number of pyridine rings is 1. The lowest BCUT2D eigenvalue weighted by Crippen LogP contribution is -2.44. The number of hydrogen-bond donors (Lipinski definition) is 3. The molecular formula is C23H31N5O. The highest BCUT2D eigenvalue weighted by Gasteiger charge is 2.21. The van der Waals surface area contributed by atoms with E-state index >= 15 is 0 Å². The van der Waals surface area contributed by atoms with Crippen molar-refractivity contribution in [1.29, 1.82) is 0 Å². The van der Waals surface area contributed by atoms with Crippen LogP contribution in [0.1, 0.15) is 29.6 Å². The molecule has 3 aromatic rings. The third-order valence-electron chi connectivity index (χ3n) is 5.21. The van der Waals surface area contributed by atoms with Crippen LogP contribution in [-0.2, 0) is 0 Å². The first-order valence-corrected chi connectivity index (χ1v) is 10.3. The third kappa shape index (κ3) is 5.36. The maximum atomic E-state index is 13.2. The van der Waals surface area contributed by atoms with Gasteiger partial charge in [0.2, 0.25) is 0 Å². The largest absolute Gasteiger partial charge is 0.330 e. The van der Waals surface area contributed by atoms with Gasteiger partial charge in [-0.05, 0) is 63.6 Å². The van der Waals surface area contributed by atoms with Crippen molar-refractivity contribution >= 4 is 27.6 Å². The number of hydrogen-bond acceptors (Lipinski definition) is 6. The van der Waals surface area contributed by atoms with E-state index < -0.39 is 6.04 Å². The number of benzene rings is 2. The molecule has 0 spiro atoms. The van der Waals surface area contributed by atoms with E-state index in [9.17, 15) is 4.79 Å². The molecule has 2 aromatic carbocycles. The summed E-state index contributed by atoms with van der Waals surface area (Å²) in [5.74, 6) is -0.0741. The summed E-state index contributed by atoms with van der Waals surface area (Å²) in [6.45, 7) is 3.51. The molecule has 1 unspecified atom stereocenters. The van der Waals surface area contributed by atoms with Crippen molar-refractivity contribution in [3.8, 4) is 0 Å². The summed E-state index contributed by atoms with van der Waals surface area (Å²) in [6, 6.07) is 15.1. The third-order valence-corrected chi connectivity index (χ3v) is 5.21. The highest BCUT2D eigenvalue weighted by molar-refractivity contribution is 6.10.